The molecule has 1 aromatic heterocycles. The Morgan fingerprint density at radius 1 is 1.19 bits per heavy atom. The molecule has 0 unspecified atom stereocenters. The van der Waals surface area contributed by atoms with Crippen LogP contribution in [0.1, 0.15) is 31.0 Å². The molecule has 2 saturated heterocycles. The van der Waals surface area contributed by atoms with Gasteiger partial charge >= 0.3 is 0 Å². The van der Waals surface area contributed by atoms with E-state index in [1.165, 1.54) is 12.1 Å². The summed E-state index contributed by atoms with van der Waals surface area (Å²) in [6.45, 7) is 6.52. The monoisotopic (exact) mass is 432 g/mol. The van der Waals surface area contributed by atoms with Crippen molar-refractivity contribution in [1.29, 1.82) is 5.41 Å². The van der Waals surface area contributed by atoms with Crippen molar-refractivity contribution >= 4 is 23.7 Å². The molecular weight excluding hydrogens is 406 g/mol. The van der Waals surface area contributed by atoms with Crippen molar-refractivity contribution in [2.24, 2.45) is 0 Å². The summed E-state index contributed by atoms with van der Waals surface area (Å²) in [4.78, 5) is 4.47. The van der Waals surface area contributed by atoms with Crippen LogP contribution in [-0.4, -0.2) is 48.2 Å². The zero-order chi connectivity index (χ0) is 21.8. The highest BCUT2D eigenvalue weighted by molar-refractivity contribution is 5.84. The van der Waals surface area contributed by atoms with Crippen LogP contribution in [0, 0.1) is 17.0 Å². The van der Waals surface area contributed by atoms with E-state index in [9.17, 15) is 8.78 Å². The molecule has 1 atom stereocenters. The molecule has 0 amide bonds. The van der Waals surface area contributed by atoms with E-state index in [1.807, 2.05) is 4.57 Å². The third-order valence-corrected chi connectivity index (χ3v) is 5.39. The molecule has 3 heterocycles. The number of nitrogens with one attached hydrogen (secondary N) is 4. The molecule has 0 bridgehead atoms. The van der Waals surface area contributed by atoms with Crippen molar-refractivity contribution in [2.75, 3.05) is 37.1 Å². The van der Waals surface area contributed by atoms with Crippen LogP contribution in [0.25, 0.3) is 0 Å². The van der Waals surface area contributed by atoms with Crippen molar-refractivity contribution in [2.45, 2.75) is 31.3 Å². The minimum absolute atomic E-state index is 0.0643. The van der Waals surface area contributed by atoms with Crippen LogP contribution < -0.4 is 16.0 Å². The molecule has 2 fully saturated rings. The van der Waals surface area contributed by atoms with Crippen molar-refractivity contribution in [3.63, 3.8) is 0 Å². The lowest BCUT2D eigenvalue weighted by molar-refractivity contribution is 0.0805. The van der Waals surface area contributed by atoms with Crippen molar-refractivity contribution in [1.82, 2.24) is 14.9 Å². The summed E-state index contributed by atoms with van der Waals surface area (Å²) >= 11 is 0. The number of rotatable bonds is 8. The molecule has 0 aliphatic carbocycles. The Balaban J connectivity index is 1.63. The summed E-state index contributed by atoms with van der Waals surface area (Å²) in [5, 5.41) is 17.4. The number of aromatic nitrogens is 2. The Labute approximate surface area is 179 Å². The standard InChI is InChI=1S/C21H26F2N6O2/c1-13(25-15-4-7-30-8-5-15)26-20-19(11-24)28-21(29(20)16-6-9-31-12-16)27-18-3-2-14(22)10-17(18)23/h2-3,10-11,15-16,24-26H,1,4-9,12H2,(H,27,28)/t16-/m0/s1. The fraction of sp³-hybridized carbons (Fsp3) is 0.429. The van der Waals surface area contributed by atoms with Gasteiger partial charge in [-0.25, -0.2) is 13.8 Å². The molecule has 4 rings (SSSR count). The first-order chi connectivity index (χ1) is 15.0. The molecule has 2 aliphatic rings. The predicted molar refractivity (Wildman–Crippen MR) is 114 cm³/mol. The van der Waals surface area contributed by atoms with Crippen LogP contribution in [0.15, 0.2) is 30.6 Å². The molecule has 4 N–H and O–H groups in total. The number of halogens is 2. The van der Waals surface area contributed by atoms with Gasteiger partial charge in [-0.3, -0.25) is 4.57 Å². The van der Waals surface area contributed by atoms with E-state index in [1.54, 1.807) is 0 Å². The molecule has 166 valence electrons. The second-order valence-electron chi connectivity index (χ2n) is 7.58. The van der Waals surface area contributed by atoms with Gasteiger partial charge in [-0.2, -0.15) is 0 Å². The summed E-state index contributed by atoms with van der Waals surface area (Å²) in [7, 11) is 0. The van der Waals surface area contributed by atoms with E-state index in [4.69, 9.17) is 14.9 Å². The van der Waals surface area contributed by atoms with Gasteiger partial charge in [0.05, 0.1) is 24.2 Å². The summed E-state index contributed by atoms with van der Waals surface area (Å²) in [5.74, 6) is 0.0814. The molecule has 8 nitrogen and oxygen atoms in total. The number of anilines is 3. The van der Waals surface area contributed by atoms with Gasteiger partial charge in [0.1, 0.15) is 23.1 Å². The van der Waals surface area contributed by atoms with Crippen LogP contribution in [0.3, 0.4) is 0 Å². The second kappa shape index (κ2) is 9.44. The van der Waals surface area contributed by atoms with Gasteiger partial charge in [0.2, 0.25) is 5.95 Å². The summed E-state index contributed by atoms with van der Waals surface area (Å²) < 4.78 is 40.3. The maximum Gasteiger partial charge on any atom is 0.210 e. The van der Waals surface area contributed by atoms with Gasteiger partial charge in [-0.1, -0.05) is 6.58 Å². The number of ether oxygens (including phenoxy) is 2. The quantitative estimate of drug-likeness (QED) is 0.477. The van der Waals surface area contributed by atoms with E-state index in [-0.39, 0.29) is 17.8 Å². The lowest BCUT2D eigenvalue weighted by Crippen LogP contribution is -2.36. The molecule has 2 aliphatic heterocycles. The topological polar surface area (TPSA) is 96.2 Å². The summed E-state index contributed by atoms with van der Waals surface area (Å²) in [5.41, 5.74) is 0.459. The van der Waals surface area contributed by atoms with Gasteiger partial charge in [0.25, 0.3) is 0 Å². The minimum atomic E-state index is -0.728. The first-order valence-corrected chi connectivity index (χ1v) is 10.3. The Hall–Kier alpha value is -2.98. The van der Waals surface area contributed by atoms with Crippen LogP contribution in [0.5, 0.6) is 0 Å². The zero-order valence-electron chi connectivity index (χ0n) is 17.1. The maximum absolute atomic E-state index is 14.2. The van der Waals surface area contributed by atoms with E-state index < -0.39 is 11.6 Å². The number of imidazole rings is 1. The lowest BCUT2D eigenvalue weighted by Gasteiger charge is -2.26. The minimum Gasteiger partial charge on any atom is -0.381 e. The lowest BCUT2D eigenvalue weighted by atomic mass is 10.1. The average molecular weight is 432 g/mol. The Morgan fingerprint density at radius 2 is 1.97 bits per heavy atom. The van der Waals surface area contributed by atoms with Crippen LogP contribution in [0.2, 0.25) is 0 Å². The van der Waals surface area contributed by atoms with Crippen LogP contribution in [0.4, 0.5) is 26.2 Å². The fourth-order valence-electron chi connectivity index (χ4n) is 3.82. The first kappa shape index (κ1) is 21.3. The molecular formula is C21H26F2N6O2. The van der Waals surface area contributed by atoms with Gasteiger partial charge < -0.3 is 30.8 Å². The SMILES string of the molecule is C=C(Nc1c(C=N)nc(Nc2ccc(F)cc2F)n1[C@H]1CCOC1)NC1CCOCC1. The number of benzene rings is 1. The van der Waals surface area contributed by atoms with E-state index >= 15 is 0 Å². The molecule has 0 radical (unpaired) electrons. The Bertz CT molecular complexity index is 952. The molecule has 1 aromatic carbocycles. The van der Waals surface area contributed by atoms with Gasteiger partial charge in [0.15, 0.2) is 0 Å². The van der Waals surface area contributed by atoms with Crippen molar-refractivity contribution in [3.05, 3.63) is 47.9 Å². The maximum atomic E-state index is 14.2. The van der Waals surface area contributed by atoms with Crippen molar-refractivity contribution in [3.8, 4) is 0 Å². The normalized spacial score (nSPS) is 19.2. The summed E-state index contributed by atoms with van der Waals surface area (Å²) in [6.07, 6.45) is 3.63. The molecule has 31 heavy (non-hydrogen) atoms. The van der Waals surface area contributed by atoms with E-state index in [0.29, 0.717) is 49.7 Å². The summed E-state index contributed by atoms with van der Waals surface area (Å²) in [6, 6.07) is 3.48. The third kappa shape index (κ3) is 4.86. The molecule has 10 heteroatoms. The fourth-order valence-corrected chi connectivity index (χ4v) is 3.82. The molecule has 2 aromatic rings. The number of nitrogens with zero attached hydrogens (tertiary/aromatic N) is 2. The Kier molecular flexibility index (Phi) is 6.47. The number of hydrogen-bond acceptors (Lipinski definition) is 7. The molecule has 0 saturated carbocycles. The van der Waals surface area contributed by atoms with E-state index in [0.717, 1.165) is 31.5 Å². The zero-order valence-corrected chi connectivity index (χ0v) is 17.1. The second-order valence-corrected chi connectivity index (χ2v) is 7.58. The highest BCUT2D eigenvalue weighted by Gasteiger charge is 2.27. The van der Waals surface area contributed by atoms with Gasteiger partial charge in [-0.15, -0.1) is 0 Å². The van der Waals surface area contributed by atoms with Gasteiger partial charge in [-0.05, 0) is 31.4 Å². The third-order valence-electron chi connectivity index (χ3n) is 5.39. The highest BCUT2D eigenvalue weighted by atomic mass is 19.1. The first-order valence-electron chi connectivity index (χ1n) is 10.3. The smallest absolute Gasteiger partial charge is 0.210 e. The van der Waals surface area contributed by atoms with Crippen LogP contribution in [-0.2, 0) is 9.47 Å². The predicted octanol–water partition coefficient (Wildman–Crippen LogP) is 3.52. The van der Waals surface area contributed by atoms with Crippen LogP contribution >= 0.6 is 0 Å². The Morgan fingerprint density at radius 3 is 2.65 bits per heavy atom. The van der Waals surface area contributed by atoms with Gasteiger partial charge in [0, 0.05) is 38.1 Å². The van der Waals surface area contributed by atoms with E-state index in [2.05, 4.69) is 27.5 Å². The largest absolute Gasteiger partial charge is 0.381 e. The average Bonchev–Trinajstić information content (AvgIpc) is 3.38. The van der Waals surface area contributed by atoms with Crippen molar-refractivity contribution < 1.29 is 18.3 Å². The molecule has 0 spiro atoms. The highest BCUT2D eigenvalue weighted by Crippen LogP contribution is 2.33. The number of hydrogen-bond donors (Lipinski definition) is 4.